The molecule has 0 aromatic carbocycles. The average Bonchev–Trinajstić information content (AvgIpc) is 2.90. The van der Waals surface area contributed by atoms with E-state index in [0.29, 0.717) is 0 Å². The highest BCUT2D eigenvalue weighted by Crippen LogP contribution is 2.27. The molecule has 5 nitrogen and oxygen atoms in total. The number of nitrogens with one attached hydrogen (secondary N) is 1. The van der Waals surface area contributed by atoms with Crippen LogP contribution in [0.3, 0.4) is 0 Å². The Balaban J connectivity index is 2.34. The molecule has 0 spiro atoms. The molecule has 0 saturated heterocycles. The third kappa shape index (κ3) is 2.60. The van der Waals surface area contributed by atoms with Gasteiger partial charge in [-0.1, -0.05) is 11.6 Å². The van der Waals surface area contributed by atoms with E-state index in [0.717, 1.165) is 29.4 Å². The molecule has 1 unspecified atom stereocenters. The molecule has 0 radical (unpaired) electrons. The Morgan fingerprint density at radius 1 is 1.40 bits per heavy atom. The highest BCUT2D eigenvalue weighted by Gasteiger charge is 2.20. The number of nitrogens with zero attached hydrogens (tertiary/aromatic N) is 4. The zero-order valence-corrected chi connectivity index (χ0v) is 13.5. The SMILES string of the molecule is CCn1nc(C)c(Cl)c1CC(NC)c1cnn(C)c1C. The van der Waals surface area contributed by atoms with E-state index in [-0.39, 0.29) is 6.04 Å². The Kier molecular flexibility index (Phi) is 4.50. The summed E-state index contributed by atoms with van der Waals surface area (Å²) in [4.78, 5) is 0. The molecule has 0 aliphatic rings. The quantitative estimate of drug-likeness (QED) is 0.921. The summed E-state index contributed by atoms with van der Waals surface area (Å²) in [6.07, 6.45) is 2.72. The van der Waals surface area contributed by atoms with Crippen molar-refractivity contribution < 1.29 is 0 Å². The molecule has 6 heteroatoms. The van der Waals surface area contributed by atoms with Crippen LogP contribution in [-0.2, 0) is 20.0 Å². The molecule has 1 atom stereocenters. The van der Waals surface area contributed by atoms with E-state index < -0.39 is 0 Å². The van der Waals surface area contributed by atoms with Crippen molar-refractivity contribution in [1.82, 2.24) is 24.9 Å². The summed E-state index contributed by atoms with van der Waals surface area (Å²) in [6, 6.07) is 0.183. The minimum atomic E-state index is 0.183. The van der Waals surface area contributed by atoms with E-state index in [4.69, 9.17) is 11.6 Å². The number of hydrogen-bond donors (Lipinski definition) is 1. The third-order valence-corrected chi connectivity index (χ3v) is 4.34. The van der Waals surface area contributed by atoms with Crippen LogP contribution >= 0.6 is 11.6 Å². The maximum atomic E-state index is 6.39. The van der Waals surface area contributed by atoms with E-state index in [1.807, 2.05) is 36.6 Å². The number of halogens is 1. The highest BCUT2D eigenvalue weighted by atomic mass is 35.5. The molecule has 110 valence electrons. The summed E-state index contributed by atoms with van der Waals surface area (Å²) in [7, 11) is 3.92. The maximum absolute atomic E-state index is 6.39. The number of hydrogen-bond acceptors (Lipinski definition) is 3. The normalized spacial score (nSPS) is 12.9. The minimum Gasteiger partial charge on any atom is -0.313 e. The average molecular weight is 296 g/mol. The first kappa shape index (κ1) is 15.1. The number of rotatable bonds is 5. The van der Waals surface area contributed by atoms with E-state index >= 15 is 0 Å². The van der Waals surface area contributed by atoms with Gasteiger partial charge in [0, 0.05) is 37.3 Å². The molecule has 0 amide bonds. The molecule has 1 N–H and O–H groups in total. The van der Waals surface area contributed by atoms with E-state index in [9.17, 15) is 0 Å². The van der Waals surface area contributed by atoms with Gasteiger partial charge in [-0.3, -0.25) is 9.36 Å². The monoisotopic (exact) mass is 295 g/mol. The molecule has 2 aromatic heterocycles. The Morgan fingerprint density at radius 2 is 2.10 bits per heavy atom. The maximum Gasteiger partial charge on any atom is 0.0847 e. The minimum absolute atomic E-state index is 0.183. The van der Waals surface area contributed by atoms with Crippen LogP contribution in [0.25, 0.3) is 0 Å². The first-order valence-corrected chi connectivity index (χ1v) is 7.24. The standard InChI is InChI=1S/C14H22ClN5/c1-6-20-13(14(15)9(2)18-20)7-12(16-4)11-8-17-19(5)10(11)3/h8,12,16H,6-7H2,1-5H3. The highest BCUT2D eigenvalue weighted by molar-refractivity contribution is 6.31. The zero-order valence-electron chi connectivity index (χ0n) is 12.7. The Bertz CT molecular complexity index is 599. The van der Waals surface area contributed by atoms with Gasteiger partial charge in [0.1, 0.15) is 0 Å². The van der Waals surface area contributed by atoms with Crippen LogP contribution in [0.1, 0.15) is 35.6 Å². The van der Waals surface area contributed by atoms with Crippen molar-refractivity contribution >= 4 is 11.6 Å². The van der Waals surface area contributed by atoms with Gasteiger partial charge in [-0.05, 0) is 27.8 Å². The van der Waals surface area contributed by atoms with Gasteiger partial charge in [0.25, 0.3) is 0 Å². The van der Waals surface area contributed by atoms with Crippen LogP contribution in [-0.4, -0.2) is 26.6 Å². The van der Waals surface area contributed by atoms with Crippen molar-refractivity contribution in [1.29, 1.82) is 0 Å². The van der Waals surface area contributed by atoms with Gasteiger partial charge in [0.2, 0.25) is 0 Å². The van der Waals surface area contributed by atoms with Crippen molar-refractivity contribution in [2.75, 3.05) is 7.05 Å². The van der Waals surface area contributed by atoms with Gasteiger partial charge < -0.3 is 5.32 Å². The fourth-order valence-electron chi connectivity index (χ4n) is 2.48. The molecule has 0 aliphatic heterocycles. The fourth-order valence-corrected chi connectivity index (χ4v) is 2.70. The summed E-state index contributed by atoms with van der Waals surface area (Å²) in [5, 5.41) is 12.9. The van der Waals surface area contributed by atoms with E-state index in [1.54, 1.807) is 0 Å². The topological polar surface area (TPSA) is 47.7 Å². The lowest BCUT2D eigenvalue weighted by molar-refractivity contribution is 0.538. The number of aromatic nitrogens is 4. The van der Waals surface area contributed by atoms with Crippen molar-refractivity contribution in [3.05, 3.63) is 33.9 Å². The predicted octanol–water partition coefficient (Wildman–Crippen LogP) is 2.41. The van der Waals surface area contributed by atoms with Gasteiger partial charge in [0.15, 0.2) is 0 Å². The number of aryl methyl sites for hydroxylation is 3. The lowest BCUT2D eigenvalue weighted by Crippen LogP contribution is -2.21. The van der Waals surface area contributed by atoms with Crippen LogP contribution in [0.15, 0.2) is 6.20 Å². The largest absolute Gasteiger partial charge is 0.313 e. The Morgan fingerprint density at radius 3 is 2.60 bits per heavy atom. The van der Waals surface area contributed by atoms with Gasteiger partial charge in [-0.15, -0.1) is 0 Å². The van der Waals surface area contributed by atoms with E-state index in [2.05, 4.69) is 29.4 Å². The van der Waals surface area contributed by atoms with Gasteiger partial charge in [-0.25, -0.2) is 0 Å². The van der Waals surface area contributed by atoms with Crippen LogP contribution in [0.5, 0.6) is 0 Å². The molecule has 2 heterocycles. The van der Waals surface area contributed by atoms with Crippen LogP contribution in [0.4, 0.5) is 0 Å². The third-order valence-electron chi connectivity index (χ3n) is 3.85. The molecule has 0 saturated carbocycles. The molecule has 0 aliphatic carbocycles. The van der Waals surface area contributed by atoms with Gasteiger partial charge in [0.05, 0.1) is 22.6 Å². The summed E-state index contributed by atoms with van der Waals surface area (Å²) in [5.41, 5.74) is 4.34. The van der Waals surface area contributed by atoms with Gasteiger partial charge >= 0.3 is 0 Å². The summed E-state index contributed by atoms with van der Waals surface area (Å²) in [6.45, 7) is 6.93. The van der Waals surface area contributed by atoms with Crippen molar-refractivity contribution in [2.45, 2.75) is 39.8 Å². The first-order chi connectivity index (χ1) is 9.49. The van der Waals surface area contributed by atoms with Crippen LogP contribution in [0, 0.1) is 13.8 Å². The molecule has 2 aromatic rings. The van der Waals surface area contributed by atoms with Crippen molar-refractivity contribution in [3.63, 3.8) is 0 Å². The zero-order chi connectivity index (χ0) is 14.9. The molecule has 0 bridgehead atoms. The fraction of sp³-hybridized carbons (Fsp3) is 0.571. The second kappa shape index (κ2) is 5.97. The summed E-state index contributed by atoms with van der Waals surface area (Å²) < 4.78 is 3.87. The Hall–Kier alpha value is -1.33. The van der Waals surface area contributed by atoms with E-state index in [1.165, 1.54) is 11.3 Å². The summed E-state index contributed by atoms with van der Waals surface area (Å²) >= 11 is 6.39. The molecular formula is C14H22ClN5. The molecule has 0 fully saturated rings. The van der Waals surface area contributed by atoms with Crippen LogP contribution in [0.2, 0.25) is 5.02 Å². The summed E-state index contributed by atoms with van der Waals surface area (Å²) in [5.74, 6) is 0. The second-order valence-corrected chi connectivity index (χ2v) is 5.39. The van der Waals surface area contributed by atoms with Crippen molar-refractivity contribution in [3.8, 4) is 0 Å². The predicted molar refractivity (Wildman–Crippen MR) is 81.1 cm³/mol. The molecule has 2 rings (SSSR count). The molecular weight excluding hydrogens is 274 g/mol. The smallest absolute Gasteiger partial charge is 0.0847 e. The first-order valence-electron chi connectivity index (χ1n) is 6.87. The van der Waals surface area contributed by atoms with Gasteiger partial charge in [-0.2, -0.15) is 10.2 Å². The lowest BCUT2D eigenvalue weighted by atomic mass is 10.0. The number of likely N-dealkylation sites (N-methyl/N-ethyl adjacent to an activating group) is 1. The van der Waals surface area contributed by atoms with Crippen molar-refractivity contribution in [2.24, 2.45) is 7.05 Å². The second-order valence-electron chi connectivity index (χ2n) is 5.02. The lowest BCUT2D eigenvalue weighted by Gasteiger charge is -2.17. The Labute approximate surface area is 124 Å². The molecule has 20 heavy (non-hydrogen) atoms. The van der Waals surface area contributed by atoms with Crippen LogP contribution < -0.4 is 5.32 Å².